The number of methoxy groups -OCH3 is 1. The SMILES string of the molecule is COC(C)CI. The summed E-state index contributed by atoms with van der Waals surface area (Å²) in [6.07, 6.45) is 0.422. The van der Waals surface area contributed by atoms with Gasteiger partial charge in [0.1, 0.15) is 0 Å². The fourth-order valence-corrected chi connectivity index (χ4v) is 0.423. The smallest absolute Gasteiger partial charge is 0.0632 e. The third kappa shape index (κ3) is 2.90. The fourth-order valence-electron chi connectivity index (χ4n) is 0.0630. The summed E-state index contributed by atoms with van der Waals surface area (Å²) in [5.74, 6) is 0. The highest BCUT2D eigenvalue weighted by Gasteiger charge is 1.89. The van der Waals surface area contributed by atoms with E-state index < -0.39 is 0 Å². The van der Waals surface area contributed by atoms with Crippen LogP contribution in [-0.4, -0.2) is 17.6 Å². The zero-order valence-corrected chi connectivity index (χ0v) is 6.23. The van der Waals surface area contributed by atoms with Crippen LogP contribution >= 0.6 is 22.6 Å². The van der Waals surface area contributed by atoms with Crippen molar-refractivity contribution in [1.29, 1.82) is 0 Å². The van der Waals surface area contributed by atoms with E-state index in [0.29, 0.717) is 6.10 Å². The van der Waals surface area contributed by atoms with Crippen LogP contribution in [0.4, 0.5) is 0 Å². The van der Waals surface area contributed by atoms with Gasteiger partial charge in [0.25, 0.3) is 0 Å². The Labute approximate surface area is 52.2 Å². The highest BCUT2D eigenvalue weighted by Crippen LogP contribution is 1.91. The fraction of sp³-hybridized carbons (Fsp3) is 1.00. The van der Waals surface area contributed by atoms with Crippen LogP contribution < -0.4 is 0 Å². The summed E-state index contributed by atoms with van der Waals surface area (Å²) in [4.78, 5) is 0. The van der Waals surface area contributed by atoms with Crippen LogP contribution in [0.1, 0.15) is 6.92 Å². The first kappa shape index (κ1) is 6.69. The lowest BCUT2D eigenvalue weighted by molar-refractivity contribution is 0.140. The van der Waals surface area contributed by atoms with E-state index in [0.717, 1.165) is 4.43 Å². The molecule has 1 unspecified atom stereocenters. The molecule has 1 atom stereocenters. The third-order valence-electron chi connectivity index (χ3n) is 0.620. The molecule has 0 bridgehead atoms. The van der Waals surface area contributed by atoms with Crippen molar-refractivity contribution in [3.63, 3.8) is 0 Å². The molecular weight excluding hydrogens is 191 g/mol. The molecule has 0 aliphatic heterocycles. The van der Waals surface area contributed by atoms with Gasteiger partial charge in [-0.25, -0.2) is 0 Å². The van der Waals surface area contributed by atoms with Gasteiger partial charge in [-0.3, -0.25) is 0 Å². The monoisotopic (exact) mass is 200 g/mol. The number of alkyl halides is 1. The number of halogens is 1. The molecule has 0 aromatic heterocycles. The maximum absolute atomic E-state index is 4.89. The zero-order chi connectivity index (χ0) is 4.99. The summed E-state index contributed by atoms with van der Waals surface area (Å²) in [5.41, 5.74) is 0. The highest BCUT2D eigenvalue weighted by atomic mass is 127. The molecule has 0 saturated heterocycles. The second kappa shape index (κ2) is 3.87. The largest absolute Gasteiger partial charge is 0.381 e. The van der Waals surface area contributed by atoms with Crippen LogP contribution in [0.15, 0.2) is 0 Å². The Morgan fingerprint density at radius 3 is 2.33 bits per heavy atom. The first-order valence-electron chi connectivity index (χ1n) is 1.90. The Morgan fingerprint density at radius 2 is 2.33 bits per heavy atom. The van der Waals surface area contributed by atoms with E-state index in [-0.39, 0.29) is 0 Å². The van der Waals surface area contributed by atoms with Gasteiger partial charge in [0.2, 0.25) is 0 Å². The van der Waals surface area contributed by atoms with E-state index in [9.17, 15) is 0 Å². The van der Waals surface area contributed by atoms with Gasteiger partial charge in [-0.15, -0.1) is 0 Å². The molecule has 0 aromatic carbocycles. The van der Waals surface area contributed by atoms with Crippen molar-refractivity contribution in [3.05, 3.63) is 0 Å². The van der Waals surface area contributed by atoms with Crippen LogP contribution in [0.5, 0.6) is 0 Å². The Kier molecular flexibility index (Phi) is 4.31. The molecule has 0 spiro atoms. The number of ether oxygens (including phenoxy) is 1. The standard InChI is InChI=1S/C4H9IO/c1-4(3-5)6-2/h4H,3H2,1-2H3. The summed E-state index contributed by atoms with van der Waals surface area (Å²) in [5, 5.41) is 0. The molecule has 0 aliphatic rings. The van der Waals surface area contributed by atoms with Gasteiger partial charge in [-0.1, -0.05) is 22.6 Å². The Bertz CT molecular complexity index is 26.7. The molecule has 0 saturated carbocycles. The predicted molar refractivity (Wildman–Crippen MR) is 35.4 cm³/mol. The molecule has 6 heavy (non-hydrogen) atoms. The molecule has 2 heteroatoms. The van der Waals surface area contributed by atoms with Crippen LogP contribution in [-0.2, 0) is 4.74 Å². The molecule has 38 valence electrons. The summed E-state index contributed by atoms with van der Waals surface area (Å²) >= 11 is 2.29. The first-order chi connectivity index (χ1) is 2.81. The molecule has 0 heterocycles. The van der Waals surface area contributed by atoms with Gasteiger partial charge in [0, 0.05) is 11.5 Å². The maximum Gasteiger partial charge on any atom is 0.0632 e. The second-order valence-corrected chi connectivity index (χ2v) is 2.08. The van der Waals surface area contributed by atoms with Crippen molar-refractivity contribution in [2.45, 2.75) is 13.0 Å². The van der Waals surface area contributed by atoms with Crippen molar-refractivity contribution < 1.29 is 4.74 Å². The molecule has 0 rings (SSSR count). The number of rotatable bonds is 2. The highest BCUT2D eigenvalue weighted by molar-refractivity contribution is 14.1. The molecule has 0 radical (unpaired) electrons. The maximum atomic E-state index is 4.89. The minimum Gasteiger partial charge on any atom is -0.381 e. The van der Waals surface area contributed by atoms with Crippen molar-refractivity contribution in [2.75, 3.05) is 11.5 Å². The molecule has 1 nitrogen and oxygen atoms in total. The molecule has 0 fully saturated rings. The van der Waals surface area contributed by atoms with Crippen molar-refractivity contribution in [1.82, 2.24) is 0 Å². The molecular formula is C4H9IO. The minimum atomic E-state index is 0.422. The van der Waals surface area contributed by atoms with E-state index in [2.05, 4.69) is 22.6 Å². The topological polar surface area (TPSA) is 9.23 Å². The molecule has 0 aromatic rings. The zero-order valence-electron chi connectivity index (χ0n) is 4.07. The Balaban J connectivity index is 2.75. The Hall–Kier alpha value is 0.690. The summed E-state index contributed by atoms with van der Waals surface area (Å²) in [6.45, 7) is 2.05. The summed E-state index contributed by atoms with van der Waals surface area (Å²) in [6, 6.07) is 0. The Morgan fingerprint density at radius 1 is 1.83 bits per heavy atom. The molecule has 0 amide bonds. The van der Waals surface area contributed by atoms with Gasteiger partial charge >= 0.3 is 0 Å². The van der Waals surface area contributed by atoms with E-state index in [1.807, 2.05) is 6.92 Å². The van der Waals surface area contributed by atoms with Gasteiger partial charge in [0.15, 0.2) is 0 Å². The van der Waals surface area contributed by atoms with Crippen molar-refractivity contribution in [2.24, 2.45) is 0 Å². The van der Waals surface area contributed by atoms with Crippen molar-refractivity contribution in [3.8, 4) is 0 Å². The predicted octanol–water partition coefficient (Wildman–Crippen LogP) is 1.46. The summed E-state index contributed by atoms with van der Waals surface area (Å²) < 4.78 is 5.97. The average molecular weight is 200 g/mol. The quantitative estimate of drug-likeness (QED) is 0.484. The van der Waals surface area contributed by atoms with Crippen LogP contribution in [0.25, 0.3) is 0 Å². The van der Waals surface area contributed by atoms with Gasteiger partial charge in [0.05, 0.1) is 6.10 Å². The van der Waals surface area contributed by atoms with Gasteiger partial charge < -0.3 is 4.74 Å². The van der Waals surface area contributed by atoms with Gasteiger partial charge in [-0.05, 0) is 6.92 Å². The molecule has 0 N–H and O–H groups in total. The summed E-state index contributed by atoms with van der Waals surface area (Å²) in [7, 11) is 1.73. The van der Waals surface area contributed by atoms with Crippen LogP contribution in [0.2, 0.25) is 0 Å². The van der Waals surface area contributed by atoms with E-state index in [4.69, 9.17) is 4.74 Å². The average Bonchev–Trinajstić information content (AvgIpc) is 1.65. The van der Waals surface area contributed by atoms with Gasteiger partial charge in [-0.2, -0.15) is 0 Å². The number of hydrogen-bond acceptors (Lipinski definition) is 1. The van der Waals surface area contributed by atoms with Crippen molar-refractivity contribution >= 4 is 22.6 Å². The molecule has 0 aliphatic carbocycles. The van der Waals surface area contributed by atoms with E-state index >= 15 is 0 Å². The normalized spacial score (nSPS) is 14.5. The van der Waals surface area contributed by atoms with E-state index in [1.165, 1.54) is 0 Å². The van der Waals surface area contributed by atoms with Crippen LogP contribution in [0, 0.1) is 0 Å². The van der Waals surface area contributed by atoms with Crippen LogP contribution in [0.3, 0.4) is 0 Å². The van der Waals surface area contributed by atoms with E-state index in [1.54, 1.807) is 7.11 Å². The second-order valence-electron chi connectivity index (χ2n) is 1.20. The lowest BCUT2D eigenvalue weighted by atomic mass is 10.5. The minimum absolute atomic E-state index is 0.422. The number of hydrogen-bond donors (Lipinski definition) is 0. The third-order valence-corrected chi connectivity index (χ3v) is 1.86. The lowest BCUT2D eigenvalue weighted by Gasteiger charge is -2.00. The lowest BCUT2D eigenvalue weighted by Crippen LogP contribution is -2.04. The first-order valence-corrected chi connectivity index (χ1v) is 3.42.